The summed E-state index contributed by atoms with van der Waals surface area (Å²) in [5.74, 6) is 1.33. The Hall–Kier alpha value is -4.47. The average Bonchev–Trinajstić information content (AvgIpc) is 3.77. The van der Waals surface area contributed by atoms with Crippen molar-refractivity contribution in [3.8, 4) is 35.4 Å². The Balaban J connectivity index is 1.17. The first-order valence-corrected chi connectivity index (χ1v) is 16.4. The summed E-state index contributed by atoms with van der Waals surface area (Å²) in [5.41, 5.74) is 0.0287. The van der Waals surface area contributed by atoms with E-state index in [9.17, 15) is 18.3 Å². The second kappa shape index (κ2) is 11.9. The van der Waals surface area contributed by atoms with Gasteiger partial charge in [0.25, 0.3) is 6.08 Å². The number of anilines is 1. The topological polar surface area (TPSA) is 86.6 Å². The quantitative estimate of drug-likeness (QED) is 0.181. The van der Waals surface area contributed by atoms with Crippen molar-refractivity contribution < 1.29 is 27.4 Å². The van der Waals surface area contributed by atoms with Crippen molar-refractivity contribution in [1.82, 2.24) is 25.2 Å². The van der Waals surface area contributed by atoms with Gasteiger partial charge in [-0.25, -0.2) is 8.78 Å². The first kappa shape index (κ1) is 30.8. The number of benzene rings is 2. The number of hydrogen-bond donors (Lipinski definition) is 2. The second-order valence-corrected chi connectivity index (χ2v) is 13.6. The fourth-order valence-corrected chi connectivity index (χ4v) is 7.62. The summed E-state index contributed by atoms with van der Waals surface area (Å²) in [5, 5.41) is 15.3. The molecule has 2 aromatic carbocycles. The van der Waals surface area contributed by atoms with E-state index in [-0.39, 0.29) is 62.6 Å². The van der Waals surface area contributed by atoms with Crippen LogP contribution < -0.4 is 15.0 Å². The predicted molar refractivity (Wildman–Crippen MR) is 174 cm³/mol. The van der Waals surface area contributed by atoms with E-state index in [0.717, 1.165) is 32.2 Å². The van der Waals surface area contributed by atoms with E-state index in [2.05, 4.69) is 31.0 Å². The number of piperidine rings is 1. The molecule has 0 amide bonds. The molecule has 3 saturated heterocycles. The number of halogens is 4. The van der Waals surface area contributed by atoms with Gasteiger partial charge in [0.15, 0.2) is 5.82 Å². The van der Waals surface area contributed by atoms with E-state index in [4.69, 9.17) is 16.1 Å². The first-order valence-electron chi connectivity index (χ1n) is 16.4. The molecule has 1 aliphatic carbocycles. The Morgan fingerprint density at radius 3 is 2.52 bits per heavy atom. The minimum absolute atomic E-state index is 0.00511. The predicted octanol–water partition coefficient (Wildman–Crippen LogP) is 6.16. The number of piperazine rings is 1. The van der Waals surface area contributed by atoms with Gasteiger partial charge in [0, 0.05) is 67.4 Å². The number of phenols is 1. The van der Waals surface area contributed by atoms with Crippen LogP contribution in [0.3, 0.4) is 0 Å². The smallest absolute Gasteiger partial charge is 0.319 e. The van der Waals surface area contributed by atoms with Crippen LogP contribution in [0.4, 0.5) is 23.4 Å². The molecule has 8 rings (SSSR count). The SMILES string of the molecule is C#Cc1c(F)ccc2cc(O)cc(-c3ncc4c(N5CC6CCC(C5)N6)nc(OCC5(CN6CCC(=C(F)F)CC6)CC5)nc4c3F)c12. The number of aromatic hydroxyl groups is 1. The standard InChI is InChI=1S/C36H34F4N6O2/c1-2-25-28(37)6-3-21-13-24(47)14-26(29(21)25)31-30(38)32-27(15-41-31)34(46-16-22-4-5-23(17-46)42-22)44-35(43-32)48-19-36(9-10-36)18-45-11-7-20(8-12-45)33(39)40/h1,3,6,13-15,22-23,42,47H,4-5,7-12,16-19H2. The monoisotopic (exact) mass is 658 g/mol. The third-order valence-corrected chi connectivity index (χ3v) is 10.4. The molecule has 12 heteroatoms. The number of pyridine rings is 1. The minimum Gasteiger partial charge on any atom is -0.508 e. The molecule has 5 heterocycles. The molecule has 2 aromatic heterocycles. The normalized spacial score (nSPS) is 21.9. The van der Waals surface area contributed by atoms with Crippen molar-refractivity contribution >= 4 is 27.5 Å². The van der Waals surface area contributed by atoms with Crippen LogP contribution in [-0.4, -0.2) is 76.4 Å². The summed E-state index contributed by atoms with van der Waals surface area (Å²) < 4.78 is 64.0. The van der Waals surface area contributed by atoms with Crippen LogP contribution >= 0.6 is 0 Å². The molecular formula is C36H34F4N6O2. The molecule has 2 unspecified atom stereocenters. The fourth-order valence-electron chi connectivity index (χ4n) is 7.62. The maximum absolute atomic E-state index is 16.8. The van der Waals surface area contributed by atoms with Crippen molar-refractivity contribution in [3.05, 3.63) is 59.3 Å². The van der Waals surface area contributed by atoms with Crippen molar-refractivity contribution in [1.29, 1.82) is 0 Å². The van der Waals surface area contributed by atoms with Gasteiger partial charge >= 0.3 is 6.01 Å². The molecule has 0 radical (unpaired) electrons. The molecule has 4 aliphatic rings. The van der Waals surface area contributed by atoms with Gasteiger partial charge in [0.05, 0.1) is 17.6 Å². The molecule has 2 bridgehead atoms. The Labute approximate surface area is 274 Å². The Morgan fingerprint density at radius 1 is 1.08 bits per heavy atom. The summed E-state index contributed by atoms with van der Waals surface area (Å²) in [4.78, 5) is 18.2. The van der Waals surface area contributed by atoms with E-state index in [1.165, 1.54) is 30.5 Å². The Morgan fingerprint density at radius 2 is 1.83 bits per heavy atom. The minimum atomic E-state index is -1.56. The number of fused-ring (bicyclic) bond motifs is 4. The zero-order valence-corrected chi connectivity index (χ0v) is 26.2. The van der Waals surface area contributed by atoms with Gasteiger partial charge in [-0.3, -0.25) is 4.98 Å². The van der Waals surface area contributed by atoms with Crippen LogP contribution in [0.1, 0.15) is 44.1 Å². The molecule has 0 spiro atoms. The van der Waals surface area contributed by atoms with Gasteiger partial charge in [-0.05, 0) is 67.7 Å². The highest BCUT2D eigenvalue weighted by atomic mass is 19.3. The van der Waals surface area contributed by atoms with Gasteiger partial charge in [0.2, 0.25) is 0 Å². The van der Waals surface area contributed by atoms with E-state index in [1.807, 2.05) is 0 Å². The van der Waals surface area contributed by atoms with Gasteiger partial charge < -0.3 is 25.0 Å². The number of terminal acetylenes is 1. The van der Waals surface area contributed by atoms with Gasteiger partial charge in [-0.2, -0.15) is 18.7 Å². The van der Waals surface area contributed by atoms with Gasteiger partial charge in [-0.1, -0.05) is 12.0 Å². The number of likely N-dealkylation sites (tertiary alicyclic amines) is 1. The second-order valence-electron chi connectivity index (χ2n) is 13.6. The van der Waals surface area contributed by atoms with E-state index in [1.54, 1.807) is 0 Å². The van der Waals surface area contributed by atoms with E-state index >= 15 is 4.39 Å². The van der Waals surface area contributed by atoms with Crippen LogP contribution in [0, 0.1) is 29.4 Å². The van der Waals surface area contributed by atoms with Gasteiger partial charge in [-0.15, -0.1) is 6.42 Å². The van der Waals surface area contributed by atoms with Crippen molar-refractivity contribution in [2.24, 2.45) is 5.41 Å². The van der Waals surface area contributed by atoms with E-state index < -0.39 is 17.7 Å². The Kier molecular flexibility index (Phi) is 7.64. The molecular weight excluding hydrogens is 624 g/mol. The number of nitrogens with zero attached hydrogens (tertiary/aromatic N) is 5. The molecule has 3 aliphatic heterocycles. The third kappa shape index (κ3) is 5.58. The zero-order chi connectivity index (χ0) is 33.2. The average molecular weight is 659 g/mol. The first-order chi connectivity index (χ1) is 23.2. The summed E-state index contributed by atoms with van der Waals surface area (Å²) in [6.07, 6.45) is 10.3. The largest absolute Gasteiger partial charge is 0.508 e. The van der Waals surface area contributed by atoms with Crippen molar-refractivity contribution in [3.63, 3.8) is 0 Å². The number of phenolic OH excluding ortho intramolecular Hbond substituents is 1. The van der Waals surface area contributed by atoms with Gasteiger partial charge in [0.1, 0.15) is 28.6 Å². The highest BCUT2D eigenvalue weighted by Gasteiger charge is 2.45. The highest BCUT2D eigenvalue weighted by molar-refractivity contribution is 6.03. The van der Waals surface area contributed by atoms with Crippen LogP contribution in [0.15, 0.2) is 42.1 Å². The lowest BCUT2D eigenvalue weighted by Crippen LogP contribution is -2.51. The lowest BCUT2D eigenvalue weighted by atomic mass is 9.96. The summed E-state index contributed by atoms with van der Waals surface area (Å²) in [6, 6.07) is 6.06. The van der Waals surface area contributed by atoms with Crippen LogP contribution in [-0.2, 0) is 0 Å². The summed E-state index contributed by atoms with van der Waals surface area (Å²) in [7, 11) is 0. The molecule has 4 aromatic rings. The lowest BCUT2D eigenvalue weighted by Gasteiger charge is -2.34. The van der Waals surface area contributed by atoms with E-state index in [0.29, 0.717) is 62.2 Å². The zero-order valence-electron chi connectivity index (χ0n) is 26.2. The number of ether oxygens (including phenoxy) is 1. The number of nitrogens with one attached hydrogen (secondary N) is 1. The van der Waals surface area contributed by atoms with Crippen LogP contribution in [0.5, 0.6) is 11.8 Å². The molecule has 8 nitrogen and oxygen atoms in total. The Bertz CT molecular complexity index is 2000. The number of hydrogen-bond acceptors (Lipinski definition) is 8. The number of rotatable bonds is 7. The highest BCUT2D eigenvalue weighted by Crippen LogP contribution is 2.47. The number of aromatic nitrogens is 3. The van der Waals surface area contributed by atoms with Crippen LogP contribution in [0.2, 0.25) is 0 Å². The summed E-state index contributed by atoms with van der Waals surface area (Å²) >= 11 is 0. The lowest BCUT2D eigenvalue weighted by molar-refractivity contribution is 0.146. The third-order valence-electron chi connectivity index (χ3n) is 10.4. The molecule has 1 saturated carbocycles. The maximum atomic E-state index is 16.8. The summed E-state index contributed by atoms with van der Waals surface area (Å²) in [6.45, 7) is 3.54. The molecule has 4 fully saturated rings. The maximum Gasteiger partial charge on any atom is 0.319 e. The van der Waals surface area contributed by atoms with Crippen LogP contribution in [0.25, 0.3) is 32.9 Å². The van der Waals surface area contributed by atoms with Crippen molar-refractivity contribution in [2.75, 3.05) is 44.2 Å². The molecule has 48 heavy (non-hydrogen) atoms. The fraction of sp³-hybridized carbons (Fsp3) is 0.417. The van der Waals surface area contributed by atoms with Crippen molar-refractivity contribution in [2.45, 2.75) is 50.6 Å². The molecule has 2 atom stereocenters. The molecule has 248 valence electrons. The molecule has 2 N–H and O–H groups in total.